The van der Waals surface area contributed by atoms with Crippen LogP contribution in [0.2, 0.25) is 0 Å². The second-order valence-corrected chi connectivity index (χ2v) is 11.2. The standard InChI is InChI=1S/C28H36NO7P/c30-25-9-13-27(14-10-25)35-21-26(31)19-29-16-15-23-7-11-28(12-8-23)36-22-37(32,33)18-4-17-34-20-24-5-2-1-3-6-24/h1-3,5-14,26,29-31H,4,15-22H2,(H,32,33). The summed E-state index contributed by atoms with van der Waals surface area (Å²) in [5.41, 5.74) is 2.16. The third-order valence-corrected chi connectivity index (χ3v) is 7.06. The molecule has 200 valence electrons. The van der Waals surface area contributed by atoms with Crippen LogP contribution in [0.15, 0.2) is 78.9 Å². The van der Waals surface area contributed by atoms with E-state index >= 15 is 0 Å². The summed E-state index contributed by atoms with van der Waals surface area (Å²) in [6.07, 6.45) is 0.517. The van der Waals surface area contributed by atoms with Gasteiger partial charge in [-0.25, -0.2) is 0 Å². The molecule has 37 heavy (non-hydrogen) atoms. The van der Waals surface area contributed by atoms with Crippen molar-refractivity contribution in [2.75, 3.05) is 38.8 Å². The number of nitrogens with one attached hydrogen (secondary N) is 1. The molecule has 9 heteroatoms. The number of benzene rings is 3. The number of hydrogen-bond acceptors (Lipinski definition) is 7. The molecule has 0 fully saturated rings. The van der Waals surface area contributed by atoms with Crippen molar-refractivity contribution < 1.29 is 33.9 Å². The molecular formula is C28H36NO7P. The van der Waals surface area contributed by atoms with Crippen molar-refractivity contribution in [1.29, 1.82) is 0 Å². The van der Waals surface area contributed by atoms with Gasteiger partial charge in [-0.1, -0.05) is 42.5 Å². The Bertz CT molecular complexity index is 1080. The molecule has 3 aromatic carbocycles. The van der Waals surface area contributed by atoms with E-state index < -0.39 is 13.5 Å². The van der Waals surface area contributed by atoms with E-state index in [1.165, 1.54) is 12.1 Å². The van der Waals surface area contributed by atoms with Crippen LogP contribution in [0.3, 0.4) is 0 Å². The first-order valence-electron chi connectivity index (χ1n) is 12.3. The lowest BCUT2D eigenvalue weighted by atomic mass is 10.1. The number of phenolic OH excluding ortho intramolecular Hbond substituents is 1. The van der Waals surface area contributed by atoms with Gasteiger partial charge in [0, 0.05) is 19.3 Å². The van der Waals surface area contributed by atoms with E-state index in [0.29, 0.717) is 44.2 Å². The zero-order valence-corrected chi connectivity index (χ0v) is 21.8. The zero-order chi connectivity index (χ0) is 26.3. The van der Waals surface area contributed by atoms with Crippen molar-refractivity contribution >= 4 is 7.37 Å². The molecule has 0 heterocycles. The van der Waals surface area contributed by atoms with Crippen LogP contribution in [0, 0.1) is 0 Å². The molecule has 0 aliphatic heterocycles. The fourth-order valence-corrected chi connectivity index (χ4v) is 4.57. The second-order valence-electron chi connectivity index (χ2n) is 8.79. The van der Waals surface area contributed by atoms with E-state index in [-0.39, 0.29) is 24.9 Å². The van der Waals surface area contributed by atoms with E-state index in [0.717, 1.165) is 17.5 Å². The van der Waals surface area contributed by atoms with E-state index in [1.807, 2.05) is 42.5 Å². The van der Waals surface area contributed by atoms with Gasteiger partial charge in [0.25, 0.3) is 0 Å². The summed E-state index contributed by atoms with van der Waals surface area (Å²) in [5, 5.41) is 22.5. The SMILES string of the molecule is O=P(O)(CCCOCc1ccccc1)COc1ccc(CCNCC(O)COc2ccc(O)cc2)cc1. The minimum atomic E-state index is -3.40. The first-order chi connectivity index (χ1) is 17.9. The van der Waals surface area contributed by atoms with Crippen molar-refractivity contribution in [2.24, 2.45) is 0 Å². The Morgan fingerprint density at radius 1 is 0.865 bits per heavy atom. The number of aliphatic hydroxyl groups excluding tert-OH is 1. The second kappa shape index (κ2) is 15.4. The Morgan fingerprint density at radius 3 is 2.27 bits per heavy atom. The average molecular weight is 530 g/mol. The summed E-state index contributed by atoms with van der Waals surface area (Å²) < 4.78 is 29.0. The monoisotopic (exact) mass is 529 g/mol. The number of rotatable bonds is 17. The topological polar surface area (TPSA) is 117 Å². The maximum absolute atomic E-state index is 12.4. The molecule has 0 aromatic heterocycles. The highest BCUT2D eigenvalue weighted by Gasteiger charge is 2.19. The lowest BCUT2D eigenvalue weighted by molar-refractivity contribution is 0.106. The average Bonchev–Trinajstić information content (AvgIpc) is 2.91. The molecule has 2 atom stereocenters. The van der Waals surface area contributed by atoms with Gasteiger partial charge in [-0.15, -0.1) is 0 Å². The molecule has 0 radical (unpaired) electrons. The molecule has 8 nitrogen and oxygen atoms in total. The molecule has 0 aliphatic rings. The minimum absolute atomic E-state index is 0.150. The Labute approximate surface area is 218 Å². The van der Waals surface area contributed by atoms with E-state index in [1.54, 1.807) is 24.3 Å². The number of hydrogen-bond donors (Lipinski definition) is 4. The molecule has 4 N–H and O–H groups in total. The van der Waals surface area contributed by atoms with E-state index in [2.05, 4.69) is 5.32 Å². The predicted molar refractivity (Wildman–Crippen MR) is 144 cm³/mol. The molecule has 0 saturated carbocycles. The van der Waals surface area contributed by atoms with Crippen LogP contribution >= 0.6 is 7.37 Å². The van der Waals surface area contributed by atoms with Crippen LogP contribution in [-0.4, -0.2) is 60.0 Å². The molecule has 0 spiro atoms. The summed E-state index contributed by atoms with van der Waals surface area (Å²) in [7, 11) is -3.40. The fourth-order valence-electron chi connectivity index (χ4n) is 3.47. The molecule has 2 unspecified atom stereocenters. The van der Waals surface area contributed by atoms with Crippen molar-refractivity contribution in [3.05, 3.63) is 90.0 Å². The van der Waals surface area contributed by atoms with Crippen LogP contribution in [0.5, 0.6) is 17.2 Å². The van der Waals surface area contributed by atoms with Crippen LogP contribution in [0.25, 0.3) is 0 Å². The highest BCUT2D eigenvalue weighted by Crippen LogP contribution is 2.41. The number of phenols is 1. The number of ether oxygens (including phenoxy) is 3. The van der Waals surface area contributed by atoms with Gasteiger partial charge in [-0.2, -0.15) is 0 Å². The first-order valence-corrected chi connectivity index (χ1v) is 14.4. The van der Waals surface area contributed by atoms with Crippen LogP contribution in [-0.2, 0) is 22.3 Å². The van der Waals surface area contributed by atoms with Gasteiger partial charge in [0.15, 0.2) is 6.35 Å². The Balaban J connectivity index is 1.25. The van der Waals surface area contributed by atoms with E-state index in [9.17, 15) is 19.7 Å². The molecule has 3 aromatic rings. The van der Waals surface area contributed by atoms with Gasteiger partial charge in [-0.05, 0) is 66.9 Å². The van der Waals surface area contributed by atoms with Crippen LogP contribution < -0.4 is 14.8 Å². The smallest absolute Gasteiger partial charge is 0.236 e. The Hall–Kier alpha value is -2.87. The first kappa shape index (κ1) is 28.7. The molecule has 3 rings (SSSR count). The van der Waals surface area contributed by atoms with Crippen molar-refractivity contribution in [2.45, 2.75) is 25.6 Å². The predicted octanol–water partition coefficient (Wildman–Crippen LogP) is 4.18. The van der Waals surface area contributed by atoms with Gasteiger partial charge in [0.1, 0.15) is 30.0 Å². The summed E-state index contributed by atoms with van der Waals surface area (Å²) in [5.74, 6) is 1.30. The normalized spacial score (nSPS) is 13.6. The summed E-state index contributed by atoms with van der Waals surface area (Å²) in [6, 6.07) is 23.6. The molecule has 0 bridgehead atoms. The Kier molecular flexibility index (Phi) is 11.9. The summed E-state index contributed by atoms with van der Waals surface area (Å²) >= 11 is 0. The maximum Gasteiger partial charge on any atom is 0.236 e. The highest BCUT2D eigenvalue weighted by molar-refractivity contribution is 7.57. The molecule has 0 amide bonds. The van der Waals surface area contributed by atoms with Gasteiger partial charge in [0.2, 0.25) is 7.37 Å². The zero-order valence-electron chi connectivity index (χ0n) is 20.9. The fraction of sp³-hybridized carbons (Fsp3) is 0.357. The van der Waals surface area contributed by atoms with Gasteiger partial charge in [0.05, 0.1) is 6.61 Å². The van der Waals surface area contributed by atoms with Crippen LogP contribution in [0.4, 0.5) is 0 Å². The highest BCUT2D eigenvalue weighted by atomic mass is 31.2. The summed E-state index contributed by atoms with van der Waals surface area (Å²) in [6.45, 7) is 2.13. The van der Waals surface area contributed by atoms with Crippen molar-refractivity contribution in [1.82, 2.24) is 5.32 Å². The molecular weight excluding hydrogens is 493 g/mol. The number of aliphatic hydroxyl groups is 1. The lowest BCUT2D eigenvalue weighted by Crippen LogP contribution is -2.32. The van der Waals surface area contributed by atoms with Gasteiger partial charge >= 0.3 is 0 Å². The third kappa shape index (κ3) is 11.8. The van der Waals surface area contributed by atoms with Crippen molar-refractivity contribution in [3.8, 4) is 17.2 Å². The molecule has 0 saturated heterocycles. The largest absolute Gasteiger partial charge is 0.508 e. The number of aromatic hydroxyl groups is 1. The third-order valence-electron chi connectivity index (χ3n) is 5.51. The minimum Gasteiger partial charge on any atom is -0.508 e. The van der Waals surface area contributed by atoms with Crippen molar-refractivity contribution in [3.63, 3.8) is 0 Å². The summed E-state index contributed by atoms with van der Waals surface area (Å²) in [4.78, 5) is 10.2. The maximum atomic E-state index is 12.4. The lowest BCUT2D eigenvalue weighted by Gasteiger charge is -2.14. The van der Waals surface area contributed by atoms with Gasteiger partial charge in [-0.3, -0.25) is 4.57 Å². The van der Waals surface area contributed by atoms with Gasteiger partial charge < -0.3 is 34.6 Å². The molecule has 0 aliphatic carbocycles. The Morgan fingerprint density at radius 2 is 1.54 bits per heavy atom. The van der Waals surface area contributed by atoms with E-state index in [4.69, 9.17) is 14.2 Å². The quantitative estimate of drug-likeness (QED) is 0.152. The van der Waals surface area contributed by atoms with Crippen LogP contribution in [0.1, 0.15) is 17.5 Å².